The van der Waals surface area contributed by atoms with Gasteiger partial charge < -0.3 is 14.6 Å². The number of halogens is 3. The van der Waals surface area contributed by atoms with E-state index in [0.717, 1.165) is 6.42 Å². The number of rotatable bonds is 7. The fourth-order valence-electron chi connectivity index (χ4n) is 2.15. The van der Waals surface area contributed by atoms with Gasteiger partial charge in [-0.1, -0.05) is 25.1 Å². The van der Waals surface area contributed by atoms with Crippen LogP contribution in [0.4, 0.5) is 13.2 Å². The lowest BCUT2D eigenvalue weighted by Gasteiger charge is -2.12. The smallest absolute Gasteiger partial charge is 0.422 e. The predicted molar refractivity (Wildman–Crippen MR) is 86.2 cm³/mol. The SMILES string of the molecule is CCCOc1ccc(-c2cccc(OCC(F)(F)F)c2)cc1C(=O)O. The van der Waals surface area contributed by atoms with Crippen molar-refractivity contribution in [2.75, 3.05) is 13.2 Å². The van der Waals surface area contributed by atoms with E-state index in [1.54, 1.807) is 18.2 Å². The summed E-state index contributed by atoms with van der Waals surface area (Å²) in [5.41, 5.74) is 1.08. The minimum atomic E-state index is -4.43. The van der Waals surface area contributed by atoms with Crippen molar-refractivity contribution in [3.05, 3.63) is 48.0 Å². The third-order valence-corrected chi connectivity index (χ3v) is 3.24. The van der Waals surface area contributed by atoms with Crippen molar-refractivity contribution in [2.45, 2.75) is 19.5 Å². The second-order valence-electron chi connectivity index (χ2n) is 5.30. The van der Waals surface area contributed by atoms with Crippen LogP contribution in [-0.4, -0.2) is 30.5 Å². The largest absolute Gasteiger partial charge is 0.493 e. The maximum absolute atomic E-state index is 12.2. The quantitative estimate of drug-likeness (QED) is 0.777. The third-order valence-electron chi connectivity index (χ3n) is 3.24. The van der Waals surface area contributed by atoms with Gasteiger partial charge in [-0.2, -0.15) is 13.2 Å². The Kier molecular flexibility index (Phi) is 5.90. The van der Waals surface area contributed by atoms with Crippen LogP contribution in [0.1, 0.15) is 23.7 Å². The van der Waals surface area contributed by atoms with Crippen molar-refractivity contribution >= 4 is 5.97 Å². The van der Waals surface area contributed by atoms with Crippen LogP contribution < -0.4 is 9.47 Å². The summed E-state index contributed by atoms with van der Waals surface area (Å²) in [6.45, 7) is 0.905. The average Bonchev–Trinajstić information content (AvgIpc) is 2.57. The summed E-state index contributed by atoms with van der Waals surface area (Å²) in [6.07, 6.45) is -3.69. The van der Waals surface area contributed by atoms with Gasteiger partial charge in [0, 0.05) is 0 Å². The number of carboxylic acids is 1. The average molecular weight is 354 g/mol. The Labute approximate surface area is 142 Å². The highest BCUT2D eigenvalue weighted by molar-refractivity contribution is 5.92. The van der Waals surface area contributed by atoms with E-state index in [2.05, 4.69) is 0 Å². The molecule has 7 heteroatoms. The first-order chi connectivity index (χ1) is 11.8. The number of carbonyl (C=O) groups is 1. The normalized spacial score (nSPS) is 11.2. The zero-order chi connectivity index (χ0) is 18.4. The number of alkyl halides is 3. The van der Waals surface area contributed by atoms with Gasteiger partial charge >= 0.3 is 12.1 Å². The molecule has 0 aromatic heterocycles. The van der Waals surface area contributed by atoms with E-state index >= 15 is 0 Å². The Morgan fingerprint density at radius 2 is 1.80 bits per heavy atom. The summed E-state index contributed by atoms with van der Waals surface area (Å²) in [5.74, 6) is -0.835. The molecular formula is C18H17F3O4. The van der Waals surface area contributed by atoms with Crippen LogP contribution >= 0.6 is 0 Å². The number of carboxylic acid groups (broad SMARTS) is 1. The van der Waals surface area contributed by atoms with Crippen molar-refractivity contribution in [1.29, 1.82) is 0 Å². The van der Waals surface area contributed by atoms with Crippen LogP contribution in [0.3, 0.4) is 0 Å². The Hall–Kier alpha value is -2.70. The van der Waals surface area contributed by atoms with Gasteiger partial charge in [-0.3, -0.25) is 0 Å². The molecule has 0 unspecified atom stereocenters. The molecule has 0 heterocycles. The van der Waals surface area contributed by atoms with Crippen molar-refractivity contribution in [1.82, 2.24) is 0 Å². The van der Waals surface area contributed by atoms with E-state index in [-0.39, 0.29) is 17.1 Å². The molecule has 0 atom stereocenters. The number of hydrogen-bond acceptors (Lipinski definition) is 3. The van der Waals surface area contributed by atoms with Gasteiger partial charge in [0.25, 0.3) is 0 Å². The molecule has 4 nitrogen and oxygen atoms in total. The van der Waals surface area contributed by atoms with Gasteiger partial charge in [0.2, 0.25) is 0 Å². The molecule has 0 fully saturated rings. The van der Waals surface area contributed by atoms with E-state index in [0.29, 0.717) is 17.7 Å². The summed E-state index contributed by atoms with van der Waals surface area (Å²) >= 11 is 0. The first kappa shape index (κ1) is 18.6. The van der Waals surface area contributed by atoms with E-state index in [4.69, 9.17) is 9.47 Å². The fraction of sp³-hybridized carbons (Fsp3) is 0.278. The summed E-state index contributed by atoms with van der Waals surface area (Å²) in [4.78, 5) is 11.4. The Morgan fingerprint density at radius 3 is 2.44 bits per heavy atom. The van der Waals surface area contributed by atoms with E-state index in [1.807, 2.05) is 6.92 Å². The molecule has 25 heavy (non-hydrogen) atoms. The zero-order valence-electron chi connectivity index (χ0n) is 13.5. The first-order valence-corrected chi connectivity index (χ1v) is 7.60. The van der Waals surface area contributed by atoms with Gasteiger partial charge in [0.15, 0.2) is 6.61 Å². The number of benzene rings is 2. The molecule has 1 N–H and O–H groups in total. The maximum Gasteiger partial charge on any atom is 0.422 e. The van der Waals surface area contributed by atoms with E-state index in [1.165, 1.54) is 24.3 Å². The molecule has 2 aromatic rings. The van der Waals surface area contributed by atoms with Crippen LogP contribution in [0.25, 0.3) is 11.1 Å². The molecule has 0 radical (unpaired) electrons. The number of aromatic carboxylic acids is 1. The van der Waals surface area contributed by atoms with E-state index < -0.39 is 18.8 Å². The molecule has 0 saturated carbocycles. The lowest BCUT2D eigenvalue weighted by Crippen LogP contribution is -2.19. The molecule has 0 aliphatic rings. The summed E-state index contributed by atoms with van der Waals surface area (Å²) in [6, 6.07) is 10.7. The molecule has 2 rings (SSSR count). The zero-order valence-corrected chi connectivity index (χ0v) is 13.5. The number of ether oxygens (including phenoxy) is 2. The third kappa shape index (κ3) is 5.41. The van der Waals surface area contributed by atoms with Gasteiger partial charge in [-0.05, 0) is 41.8 Å². The number of hydrogen-bond donors (Lipinski definition) is 1. The molecule has 0 amide bonds. The Bertz CT molecular complexity index is 741. The monoisotopic (exact) mass is 354 g/mol. The van der Waals surface area contributed by atoms with Gasteiger partial charge in [-0.15, -0.1) is 0 Å². The Balaban J connectivity index is 2.29. The topological polar surface area (TPSA) is 55.8 Å². The molecule has 0 spiro atoms. The predicted octanol–water partition coefficient (Wildman–Crippen LogP) is 4.78. The summed E-state index contributed by atoms with van der Waals surface area (Å²) in [5, 5.41) is 9.33. The van der Waals surface area contributed by atoms with Crippen molar-refractivity contribution in [2.24, 2.45) is 0 Å². The highest BCUT2D eigenvalue weighted by Crippen LogP contribution is 2.29. The van der Waals surface area contributed by atoms with Crippen molar-refractivity contribution in [3.8, 4) is 22.6 Å². The van der Waals surface area contributed by atoms with Crippen LogP contribution in [0, 0.1) is 0 Å². The van der Waals surface area contributed by atoms with Gasteiger partial charge in [-0.25, -0.2) is 4.79 Å². The van der Waals surface area contributed by atoms with Gasteiger partial charge in [0.05, 0.1) is 6.61 Å². The van der Waals surface area contributed by atoms with Gasteiger partial charge in [0.1, 0.15) is 17.1 Å². The van der Waals surface area contributed by atoms with Crippen LogP contribution in [0.5, 0.6) is 11.5 Å². The molecule has 0 aliphatic carbocycles. The lowest BCUT2D eigenvalue weighted by molar-refractivity contribution is -0.153. The second-order valence-corrected chi connectivity index (χ2v) is 5.30. The van der Waals surface area contributed by atoms with E-state index in [9.17, 15) is 23.1 Å². The highest BCUT2D eigenvalue weighted by Gasteiger charge is 2.28. The van der Waals surface area contributed by atoms with Crippen molar-refractivity contribution < 1.29 is 32.5 Å². The standard InChI is InChI=1S/C18H17F3O4/c1-2-8-24-16-7-6-13(10-15(16)17(22)23)12-4-3-5-14(9-12)25-11-18(19,20)21/h3-7,9-10H,2,8,11H2,1H3,(H,22,23). The molecule has 0 aliphatic heterocycles. The van der Waals surface area contributed by atoms with Crippen LogP contribution in [-0.2, 0) is 0 Å². The molecule has 0 saturated heterocycles. The molecular weight excluding hydrogens is 337 g/mol. The minimum absolute atomic E-state index is 0.00689. The maximum atomic E-state index is 12.2. The van der Waals surface area contributed by atoms with Crippen LogP contribution in [0.2, 0.25) is 0 Å². The Morgan fingerprint density at radius 1 is 1.08 bits per heavy atom. The minimum Gasteiger partial charge on any atom is -0.493 e. The lowest BCUT2D eigenvalue weighted by atomic mass is 10.0. The molecule has 2 aromatic carbocycles. The fourth-order valence-corrected chi connectivity index (χ4v) is 2.15. The first-order valence-electron chi connectivity index (χ1n) is 7.60. The highest BCUT2D eigenvalue weighted by atomic mass is 19.4. The van der Waals surface area contributed by atoms with Crippen molar-refractivity contribution in [3.63, 3.8) is 0 Å². The van der Waals surface area contributed by atoms with Crippen LogP contribution in [0.15, 0.2) is 42.5 Å². The second kappa shape index (κ2) is 7.92. The molecule has 0 bridgehead atoms. The summed E-state index contributed by atoms with van der Waals surface area (Å²) in [7, 11) is 0. The summed E-state index contributed by atoms with van der Waals surface area (Å²) < 4.78 is 46.9. The molecule has 134 valence electrons.